The van der Waals surface area contributed by atoms with Crippen LogP contribution in [0.1, 0.15) is 54.0 Å². The number of rotatable bonds is 5. The Bertz CT molecular complexity index is 718. The minimum absolute atomic E-state index is 0.227. The van der Waals surface area contributed by atoms with E-state index in [0.717, 1.165) is 22.2 Å². The van der Waals surface area contributed by atoms with Crippen LogP contribution in [-0.4, -0.2) is 11.0 Å². The van der Waals surface area contributed by atoms with Crippen molar-refractivity contribution >= 4 is 22.9 Å². The first-order chi connectivity index (χ1) is 11.1. The van der Waals surface area contributed by atoms with Crippen LogP contribution >= 0.6 is 11.3 Å². The third-order valence-electron chi connectivity index (χ3n) is 3.62. The number of aromatic nitrogens is 2. The zero-order valence-electron chi connectivity index (χ0n) is 14.0. The lowest BCUT2D eigenvalue weighted by Gasteiger charge is -2.15. The number of hydrogen-bond donors (Lipinski definition) is 2. The number of H-pyrrole nitrogens is 1. The molecule has 0 aliphatic carbocycles. The highest BCUT2D eigenvalue weighted by Gasteiger charge is 2.40. The van der Waals surface area contributed by atoms with Gasteiger partial charge in [0.2, 0.25) is 6.20 Å². The van der Waals surface area contributed by atoms with E-state index in [1.54, 1.807) is 6.07 Å². The molecule has 8 heteroatoms. The number of nitrogens with one attached hydrogen (secondary N) is 2. The number of anilines is 1. The Kier molecular flexibility index (Phi) is 5.37. The molecule has 0 aromatic carbocycles. The largest absolute Gasteiger partial charge is 0.437 e. The van der Waals surface area contributed by atoms with Gasteiger partial charge in [0.25, 0.3) is 5.91 Å². The molecule has 2 aromatic heterocycles. The second-order valence-corrected chi connectivity index (χ2v) is 7.27. The molecule has 0 saturated heterocycles. The number of thiophene rings is 1. The molecule has 1 amide bonds. The van der Waals surface area contributed by atoms with Crippen LogP contribution in [0.25, 0.3) is 0 Å². The van der Waals surface area contributed by atoms with Gasteiger partial charge in [-0.3, -0.25) is 4.79 Å². The number of amides is 1. The highest BCUT2D eigenvalue weighted by Crippen LogP contribution is 2.35. The number of nitrogens with zero attached hydrogens (tertiary/aromatic N) is 1. The Hall–Kier alpha value is -1.83. The average Bonchev–Trinajstić information content (AvgIpc) is 3.03. The van der Waals surface area contributed by atoms with Gasteiger partial charge in [0, 0.05) is 4.88 Å². The number of carbonyl (C=O) groups excluding carboxylic acids is 1. The van der Waals surface area contributed by atoms with E-state index in [2.05, 4.69) is 31.2 Å². The molecular weight excluding hydrogens is 339 g/mol. The van der Waals surface area contributed by atoms with Crippen LogP contribution in [0.4, 0.5) is 18.9 Å². The highest BCUT2D eigenvalue weighted by atomic mass is 32.1. The molecular formula is C16H21F3N3OS+. The summed E-state index contributed by atoms with van der Waals surface area (Å²) < 4.78 is 40.2. The molecule has 0 aliphatic rings. The zero-order chi connectivity index (χ0) is 18.1. The van der Waals surface area contributed by atoms with Gasteiger partial charge in [-0.25, -0.2) is 0 Å². The third-order valence-corrected chi connectivity index (χ3v) is 4.77. The van der Waals surface area contributed by atoms with Crippen LogP contribution in [-0.2, 0) is 13.2 Å². The minimum atomic E-state index is -4.61. The van der Waals surface area contributed by atoms with E-state index in [1.807, 2.05) is 5.38 Å². The predicted molar refractivity (Wildman–Crippen MR) is 87.1 cm³/mol. The summed E-state index contributed by atoms with van der Waals surface area (Å²) in [5, 5.41) is 6.60. The Morgan fingerprint density at radius 2 is 2.04 bits per heavy atom. The van der Waals surface area contributed by atoms with Crippen LogP contribution < -0.4 is 10.00 Å². The van der Waals surface area contributed by atoms with Crippen molar-refractivity contribution in [1.82, 2.24) is 5.10 Å². The van der Waals surface area contributed by atoms with Crippen molar-refractivity contribution in [2.24, 2.45) is 13.0 Å². The summed E-state index contributed by atoms with van der Waals surface area (Å²) in [7, 11) is 1.41. The Morgan fingerprint density at radius 1 is 1.38 bits per heavy atom. The summed E-state index contributed by atoms with van der Waals surface area (Å²) in [5.41, 5.74) is -0.886. The molecule has 0 radical (unpaired) electrons. The molecule has 0 spiro atoms. The van der Waals surface area contributed by atoms with Crippen molar-refractivity contribution in [3.63, 3.8) is 0 Å². The fourth-order valence-electron chi connectivity index (χ4n) is 2.72. The smallest absolute Gasteiger partial charge is 0.321 e. The highest BCUT2D eigenvalue weighted by molar-refractivity contribution is 7.10. The van der Waals surface area contributed by atoms with Gasteiger partial charge in [0.15, 0.2) is 12.7 Å². The van der Waals surface area contributed by atoms with Gasteiger partial charge in [0.1, 0.15) is 5.56 Å². The van der Waals surface area contributed by atoms with Crippen molar-refractivity contribution in [2.45, 2.75) is 39.3 Å². The lowest BCUT2D eigenvalue weighted by molar-refractivity contribution is -0.727. The van der Waals surface area contributed by atoms with Crippen molar-refractivity contribution in [3.05, 3.63) is 33.8 Å². The zero-order valence-corrected chi connectivity index (χ0v) is 14.8. The van der Waals surface area contributed by atoms with Crippen LogP contribution in [0.3, 0.4) is 0 Å². The molecule has 24 heavy (non-hydrogen) atoms. The van der Waals surface area contributed by atoms with Crippen LogP contribution in [0.5, 0.6) is 0 Å². The predicted octanol–water partition coefficient (Wildman–Crippen LogP) is 4.32. The molecule has 1 atom stereocenters. The monoisotopic (exact) mass is 360 g/mol. The summed E-state index contributed by atoms with van der Waals surface area (Å²) in [6.45, 7) is 6.27. The lowest BCUT2D eigenvalue weighted by atomic mass is 9.97. The molecule has 2 heterocycles. The summed E-state index contributed by atoms with van der Waals surface area (Å²) in [5.74, 6) is -0.0495. The van der Waals surface area contributed by atoms with Crippen molar-refractivity contribution in [2.75, 3.05) is 5.32 Å². The average molecular weight is 360 g/mol. The normalized spacial score (nSPS) is 13.3. The van der Waals surface area contributed by atoms with E-state index in [9.17, 15) is 18.0 Å². The summed E-state index contributed by atoms with van der Waals surface area (Å²) in [4.78, 5) is 13.3. The van der Waals surface area contributed by atoms with Gasteiger partial charge in [-0.2, -0.15) is 18.3 Å². The Labute approximate surface area is 142 Å². The molecule has 4 nitrogen and oxygen atoms in total. The fourth-order valence-corrected chi connectivity index (χ4v) is 3.65. The molecule has 0 saturated carbocycles. The van der Waals surface area contributed by atoms with E-state index in [-0.39, 0.29) is 5.92 Å². The molecule has 1 unspecified atom stereocenters. The second kappa shape index (κ2) is 6.96. The number of alkyl halides is 3. The standard InChI is InChI=1S/C16H20F3N3OS/c1-9(2)7-10(3)13-12(5-6-24-13)20-15(23)11-8-22(4)21-14(11)16(17,18)19/h5-6,8-10H,7H2,1-4H3,(H,20,23)/p+1. The van der Waals surface area contributed by atoms with Gasteiger partial charge in [-0.1, -0.05) is 20.8 Å². The number of carbonyl (C=O) groups is 1. The van der Waals surface area contributed by atoms with Crippen LogP contribution in [0.2, 0.25) is 0 Å². The first kappa shape index (κ1) is 18.5. The minimum Gasteiger partial charge on any atom is -0.321 e. The first-order valence-electron chi connectivity index (χ1n) is 7.64. The van der Waals surface area contributed by atoms with Crippen molar-refractivity contribution in [3.8, 4) is 0 Å². The number of halogens is 3. The third kappa shape index (κ3) is 4.17. The second-order valence-electron chi connectivity index (χ2n) is 6.32. The molecule has 0 fully saturated rings. The SMILES string of the molecule is CC(C)CC(C)c1sccc1NC(=O)c1c[n+](C)[nH]c1C(F)(F)F. The maximum Gasteiger partial charge on any atom is 0.437 e. The topological polar surface area (TPSA) is 48.8 Å². The Morgan fingerprint density at radius 3 is 2.62 bits per heavy atom. The Balaban J connectivity index is 2.25. The summed E-state index contributed by atoms with van der Waals surface area (Å²) >= 11 is 1.50. The van der Waals surface area contributed by atoms with Gasteiger partial charge >= 0.3 is 6.18 Å². The van der Waals surface area contributed by atoms with Gasteiger partial charge < -0.3 is 5.32 Å². The fraction of sp³-hybridized carbons (Fsp3) is 0.500. The van der Waals surface area contributed by atoms with E-state index < -0.39 is 23.3 Å². The molecule has 0 bridgehead atoms. The van der Waals surface area contributed by atoms with Crippen LogP contribution in [0, 0.1) is 5.92 Å². The number of aryl methyl sites for hydroxylation is 1. The van der Waals surface area contributed by atoms with E-state index in [0.29, 0.717) is 11.6 Å². The van der Waals surface area contributed by atoms with Crippen molar-refractivity contribution < 1.29 is 22.6 Å². The summed E-state index contributed by atoms with van der Waals surface area (Å²) in [6, 6.07) is 1.73. The maximum absolute atomic E-state index is 13.0. The quantitative estimate of drug-likeness (QED) is 0.767. The van der Waals surface area contributed by atoms with E-state index in [4.69, 9.17) is 0 Å². The molecule has 0 aliphatic heterocycles. The molecule has 2 rings (SSSR count). The number of aromatic amines is 1. The van der Waals surface area contributed by atoms with Crippen LogP contribution in [0.15, 0.2) is 17.6 Å². The molecule has 2 N–H and O–H groups in total. The lowest BCUT2D eigenvalue weighted by Crippen LogP contribution is -2.29. The van der Waals surface area contributed by atoms with E-state index >= 15 is 0 Å². The van der Waals surface area contributed by atoms with Gasteiger partial charge in [-0.15, -0.1) is 16.0 Å². The van der Waals surface area contributed by atoms with Gasteiger partial charge in [0.05, 0.1) is 5.69 Å². The number of hydrogen-bond acceptors (Lipinski definition) is 2. The van der Waals surface area contributed by atoms with Crippen molar-refractivity contribution in [1.29, 1.82) is 0 Å². The maximum atomic E-state index is 13.0. The first-order valence-corrected chi connectivity index (χ1v) is 8.52. The summed E-state index contributed by atoms with van der Waals surface area (Å²) in [6.07, 6.45) is -2.53. The molecule has 132 valence electrons. The molecule has 2 aromatic rings. The van der Waals surface area contributed by atoms with Gasteiger partial charge in [-0.05, 0) is 29.7 Å². The van der Waals surface area contributed by atoms with E-state index in [1.165, 1.54) is 18.4 Å².